The third-order valence-corrected chi connectivity index (χ3v) is 3.40. The van der Waals surface area contributed by atoms with Crippen molar-refractivity contribution in [3.05, 3.63) is 24.0 Å². The molecule has 1 N–H and O–H groups in total. The van der Waals surface area contributed by atoms with Crippen LogP contribution in [0.25, 0.3) is 11.5 Å². The highest BCUT2D eigenvalue weighted by Gasteiger charge is 2.20. The van der Waals surface area contributed by atoms with E-state index in [2.05, 4.69) is 29.3 Å². The minimum absolute atomic E-state index is 0.302. The topological polar surface area (TPSA) is 60.2 Å². The van der Waals surface area contributed by atoms with Gasteiger partial charge in [0.05, 0.1) is 11.3 Å². The summed E-state index contributed by atoms with van der Waals surface area (Å²) in [6, 6.07) is 5.90. The van der Waals surface area contributed by atoms with Crippen molar-refractivity contribution in [2.45, 2.75) is 26.2 Å². The Morgan fingerprint density at radius 1 is 1.42 bits per heavy atom. The lowest BCUT2D eigenvalue weighted by Crippen LogP contribution is -2.18. The number of aromatic nitrogens is 2. The van der Waals surface area contributed by atoms with Crippen molar-refractivity contribution in [2.75, 3.05) is 18.5 Å². The molecule has 5 nitrogen and oxygen atoms in total. The Morgan fingerprint density at radius 2 is 2.32 bits per heavy atom. The molecule has 0 spiro atoms. The summed E-state index contributed by atoms with van der Waals surface area (Å²) in [5.74, 6) is 2.37. The van der Waals surface area contributed by atoms with E-state index in [0.29, 0.717) is 18.4 Å². The van der Waals surface area contributed by atoms with Gasteiger partial charge in [-0.3, -0.25) is 0 Å². The number of hydrogen-bond acceptors (Lipinski definition) is 5. The number of para-hydroxylation sites is 1. The lowest BCUT2D eigenvalue weighted by Gasteiger charge is -2.20. The summed E-state index contributed by atoms with van der Waals surface area (Å²) in [6.07, 6.45) is 0.990. The Labute approximate surface area is 112 Å². The number of fused-ring (bicyclic) bond motifs is 1. The first-order valence-corrected chi connectivity index (χ1v) is 6.63. The van der Waals surface area contributed by atoms with Crippen molar-refractivity contribution in [2.24, 2.45) is 0 Å². The molecule has 0 bridgehead atoms. The molecule has 0 saturated heterocycles. The first-order valence-electron chi connectivity index (χ1n) is 6.63. The van der Waals surface area contributed by atoms with Crippen molar-refractivity contribution in [3.63, 3.8) is 0 Å². The van der Waals surface area contributed by atoms with Gasteiger partial charge in [0, 0.05) is 12.5 Å². The van der Waals surface area contributed by atoms with Crippen molar-refractivity contribution in [3.8, 4) is 17.2 Å². The van der Waals surface area contributed by atoms with Crippen LogP contribution in [0.5, 0.6) is 5.75 Å². The van der Waals surface area contributed by atoms with Crippen molar-refractivity contribution >= 4 is 5.69 Å². The van der Waals surface area contributed by atoms with E-state index in [0.717, 1.165) is 35.8 Å². The first-order chi connectivity index (χ1) is 9.29. The van der Waals surface area contributed by atoms with E-state index in [4.69, 9.17) is 9.26 Å². The van der Waals surface area contributed by atoms with Gasteiger partial charge in [0.15, 0.2) is 11.6 Å². The maximum Gasteiger partial charge on any atom is 0.261 e. The van der Waals surface area contributed by atoms with Crippen LogP contribution in [0.4, 0.5) is 5.69 Å². The van der Waals surface area contributed by atoms with Gasteiger partial charge in [-0.1, -0.05) is 25.1 Å². The van der Waals surface area contributed by atoms with Crippen molar-refractivity contribution in [1.82, 2.24) is 10.1 Å². The molecule has 1 unspecified atom stereocenters. The van der Waals surface area contributed by atoms with Crippen LogP contribution in [-0.4, -0.2) is 23.3 Å². The minimum atomic E-state index is 0.302. The van der Waals surface area contributed by atoms with Gasteiger partial charge >= 0.3 is 0 Å². The van der Waals surface area contributed by atoms with Crippen LogP contribution in [0.15, 0.2) is 22.7 Å². The Balaban J connectivity index is 2.00. The number of nitrogens with one attached hydrogen (secondary N) is 1. The largest absolute Gasteiger partial charge is 0.489 e. The van der Waals surface area contributed by atoms with E-state index < -0.39 is 0 Å². The Hall–Kier alpha value is -2.04. The Bertz CT molecular complexity index is 580. The van der Waals surface area contributed by atoms with E-state index in [1.54, 1.807) is 0 Å². The first kappa shape index (κ1) is 12.0. The second-order valence-corrected chi connectivity index (χ2v) is 4.72. The number of hydrogen-bond donors (Lipinski definition) is 1. The van der Waals surface area contributed by atoms with Gasteiger partial charge in [-0.15, -0.1) is 0 Å². The lowest BCUT2D eigenvalue weighted by atomic mass is 10.1. The van der Waals surface area contributed by atoms with Crippen LogP contribution in [0.2, 0.25) is 0 Å². The van der Waals surface area contributed by atoms with E-state index in [9.17, 15) is 0 Å². The molecular formula is C14H17N3O2. The van der Waals surface area contributed by atoms with Gasteiger partial charge in [0.1, 0.15) is 6.61 Å². The van der Waals surface area contributed by atoms with Gasteiger partial charge in [-0.05, 0) is 18.6 Å². The lowest BCUT2D eigenvalue weighted by molar-refractivity contribution is 0.322. The molecule has 2 aromatic rings. The molecule has 100 valence electrons. The molecule has 0 radical (unpaired) electrons. The average Bonchev–Trinajstić information content (AvgIpc) is 2.95. The fourth-order valence-electron chi connectivity index (χ4n) is 2.07. The van der Waals surface area contributed by atoms with Crippen molar-refractivity contribution < 1.29 is 9.26 Å². The van der Waals surface area contributed by atoms with Crippen LogP contribution in [0.3, 0.4) is 0 Å². The number of benzene rings is 1. The van der Waals surface area contributed by atoms with Crippen LogP contribution >= 0.6 is 0 Å². The number of nitrogens with zero attached hydrogens (tertiary/aromatic N) is 2. The predicted molar refractivity (Wildman–Crippen MR) is 72.4 cm³/mol. The molecule has 0 fully saturated rings. The van der Waals surface area contributed by atoms with Gasteiger partial charge in [-0.25, -0.2) is 0 Å². The SMILES string of the molecule is CCC(C)c1noc(-c2cccc3c2OCCN3)n1. The molecule has 3 rings (SSSR count). The van der Waals surface area contributed by atoms with Gasteiger partial charge in [0.2, 0.25) is 0 Å². The molecule has 1 aliphatic heterocycles. The second-order valence-electron chi connectivity index (χ2n) is 4.72. The maximum atomic E-state index is 5.71. The molecule has 1 aliphatic rings. The van der Waals surface area contributed by atoms with Gasteiger partial charge in [0.25, 0.3) is 5.89 Å². The summed E-state index contributed by atoms with van der Waals surface area (Å²) in [5, 5.41) is 7.35. The van der Waals surface area contributed by atoms with Crippen molar-refractivity contribution in [1.29, 1.82) is 0 Å². The van der Waals surface area contributed by atoms with Crippen LogP contribution in [-0.2, 0) is 0 Å². The highest BCUT2D eigenvalue weighted by molar-refractivity contribution is 5.74. The number of ether oxygens (including phenoxy) is 1. The average molecular weight is 259 g/mol. The minimum Gasteiger partial charge on any atom is -0.489 e. The van der Waals surface area contributed by atoms with Gasteiger partial charge in [-0.2, -0.15) is 4.98 Å². The summed E-state index contributed by atoms with van der Waals surface area (Å²) in [7, 11) is 0. The summed E-state index contributed by atoms with van der Waals surface area (Å²) in [6.45, 7) is 5.67. The summed E-state index contributed by atoms with van der Waals surface area (Å²) in [5.41, 5.74) is 1.83. The zero-order valence-electron chi connectivity index (χ0n) is 11.1. The van der Waals surface area contributed by atoms with E-state index in [-0.39, 0.29) is 0 Å². The van der Waals surface area contributed by atoms with Crippen LogP contribution < -0.4 is 10.1 Å². The molecule has 2 heterocycles. The fraction of sp³-hybridized carbons (Fsp3) is 0.429. The molecule has 1 aromatic heterocycles. The second kappa shape index (κ2) is 4.91. The Morgan fingerprint density at radius 3 is 3.16 bits per heavy atom. The zero-order valence-corrected chi connectivity index (χ0v) is 11.1. The molecule has 1 aromatic carbocycles. The molecule has 1 atom stereocenters. The van der Waals surface area contributed by atoms with E-state index >= 15 is 0 Å². The van der Waals surface area contributed by atoms with E-state index in [1.807, 2.05) is 18.2 Å². The molecule has 5 heteroatoms. The number of rotatable bonds is 3. The highest BCUT2D eigenvalue weighted by Crippen LogP contribution is 2.37. The summed E-state index contributed by atoms with van der Waals surface area (Å²) < 4.78 is 11.1. The quantitative estimate of drug-likeness (QED) is 0.918. The monoisotopic (exact) mass is 259 g/mol. The standard InChI is InChI=1S/C14H17N3O2/c1-3-9(2)13-16-14(19-17-13)10-5-4-6-11-12(10)18-8-7-15-11/h4-6,9,15H,3,7-8H2,1-2H3. The third-order valence-electron chi connectivity index (χ3n) is 3.40. The molecular weight excluding hydrogens is 242 g/mol. The Kier molecular flexibility index (Phi) is 3.11. The highest BCUT2D eigenvalue weighted by atomic mass is 16.5. The molecule has 0 aliphatic carbocycles. The third kappa shape index (κ3) is 2.16. The van der Waals surface area contributed by atoms with Crippen LogP contribution in [0, 0.1) is 0 Å². The summed E-state index contributed by atoms with van der Waals surface area (Å²) in [4.78, 5) is 4.47. The molecule has 0 amide bonds. The maximum absolute atomic E-state index is 5.71. The van der Waals surface area contributed by atoms with Gasteiger partial charge < -0.3 is 14.6 Å². The molecule has 0 saturated carbocycles. The zero-order chi connectivity index (χ0) is 13.2. The molecule has 19 heavy (non-hydrogen) atoms. The van der Waals surface area contributed by atoms with Crippen LogP contribution in [0.1, 0.15) is 32.0 Å². The number of anilines is 1. The normalized spacial score (nSPS) is 15.3. The summed E-state index contributed by atoms with van der Waals surface area (Å²) >= 11 is 0. The fourth-order valence-corrected chi connectivity index (χ4v) is 2.07. The smallest absolute Gasteiger partial charge is 0.261 e. The predicted octanol–water partition coefficient (Wildman–Crippen LogP) is 3.05. The van der Waals surface area contributed by atoms with E-state index in [1.165, 1.54) is 0 Å².